The van der Waals surface area contributed by atoms with Gasteiger partial charge in [0.15, 0.2) is 0 Å². The fourth-order valence-corrected chi connectivity index (χ4v) is 3.72. The molecule has 0 fully saturated rings. The van der Waals surface area contributed by atoms with Crippen LogP contribution in [0, 0.1) is 0 Å². The fraction of sp³-hybridized carbons (Fsp3) is 0.417. The van der Waals surface area contributed by atoms with Gasteiger partial charge in [0.1, 0.15) is 0 Å². The smallest absolute Gasteiger partial charge is 0.0522 e. The summed E-state index contributed by atoms with van der Waals surface area (Å²) in [6.07, 6.45) is 5.36. The molecule has 1 atom stereocenters. The molecule has 0 unspecified atom stereocenters. The van der Waals surface area contributed by atoms with Crippen molar-refractivity contribution in [3.8, 4) is 0 Å². The summed E-state index contributed by atoms with van der Waals surface area (Å²) in [6.45, 7) is 0.954. The number of hydrogen-bond donors (Lipinski definition) is 2. The fourth-order valence-electron chi connectivity index (χ4n) is 2.28. The lowest BCUT2D eigenvalue weighted by molar-refractivity contribution is 0.457. The van der Waals surface area contributed by atoms with Crippen LogP contribution in [0.1, 0.15) is 22.6 Å². The average Bonchev–Trinajstić information content (AvgIpc) is 2.94. The van der Waals surface area contributed by atoms with E-state index in [1.54, 1.807) is 11.3 Å². The molecule has 0 aromatic carbocycles. The van der Waals surface area contributed by atoms with E-state index in [2.05, 4.69) is 42.9 Å². The van der Waals surface area contributed by atoms with E-state index in [-0.39, 0.29) is 0 Å². The van der Waals surface area contributed by atoms with Crippen LogP contribution in [0.2, 0.25) is 0 Å². The SMILES string of the molecule is Brc1ccsc1CN[C@H]1CCc2[nH]ncc2C1. The molecule has 2 aromatic heterocycles. The Balaban J connectivity index is 1.59. The van der Waals surface area contributed by atoms with E-state index in [0.29, 0.717) is 6.04 Å². The van der Waals surface area contributed by atoms with Crippen LogP contribution in [0.5, 0.6) is 0 Å². The first-order chi connectivity index (χ1) is 8.33. The van der Waals surface area contributed by atoms with Crippen LogP contribution < -0.4 is 5.32 Å². The number of nitrogens with one attached hydrogen (secondary N) is 2. The number of halogens is 1. The third-order valence-corrected chi connectivity index (χ3v) is 5.19. The molecule has 0 saturated heterocycles. The lowest BCUT2D eigenvalue weighted by Crippen LogP contribution is -2.33. The van der Waals surface area contributed by atoms with Gasteiger partial charge in [-0.3, -0.25) is 5.10 Å². The van der Waals surface area contributed by atoms with Gasteiger partial charge in [-0.25, -0.2) is 0 Å². The molecule has 2 N–H and O–H groups in total. The minimum absolute atomic E-state index is 0.578. The first-order valence-electron chi connectivity index (χ1n) is 5.79. The van der Waals surface area contributed by atoms with Gasteiger partial charge in [0.05, 0.1) is 6.20 Å². The van der Waals surface area contributed by atoms with Crippen molar-refractivity contribution in [1.29, 1.82) is 0 Å². The number of hydrogen-bond acceptors (Lipinski definition) is 3. The Bertz CT molecular complexity index is 505. The number of thiophene rings is 1. The molecule has 3 nitrogen and oxygen atoms in total. The zero-order valence-corrected chi connectivity index (χ0v) is 11.8. The van der Waals surface area contributed by atoms with E-state index in [4.69, 9.17) is 0 Å². The third kappa shape index (κ3) is 2.46. The van der Waals surface area contributed by atoms with Gasteiger partial charge in [0.2, 0.25) is 0 Å². The molecule has 0 bridgehead atoms. The van der Waals surface area contributed by atoms with Gasteiger partial charge in [0, 0.05) is 27.6 Å². The number of fused-ring (bicyclic) bond motifs is 1. The number of H-pyrrole nitrogens is 1. The molecule has 2 aromatic rings. The Morgan fingerprint density at radius 2 is 2.53 bits per heavy atom. The highest BCUT2D eigenvalue weighted by Gasteiger charge is 2.19. The predicted octanol–water partition coefficient (Wildman–Crippen LogP) is 2.88. The minimum atomic E-state index is 0.578. The summed E-state index contributed by atoms with van der Waals surface area (Å²) in [6, 6.07) is 2.69. The Hall–Kier alpha value is -0.650. The van der Waals surface area contributed by atoms with Gasteiger partial charge >= 0.3 is 0 Å². The number of aromatic amines is 1. The van der Waals surface area contributed by atoms with Crippen molar-refractivity contribution >= 4 is 27.3 Å². The van der Waals surface area contributed by atoms with Gasteiger partial charge in [-0.05, 0) is 52.2 Å². The van der Waals surface area contributed by atoms with E-state index < -0.39 is 0 Å². The molecule has 5 heteroatoms. The summed E-state index contributed by atoms with van der Waals surface area (Å²) < 4.78 is 1.22. The van der Waals surface area contributed by atoms with E-state index in [1.165, 1.54) is 27.0 Å². The van der Waals surface area contributed by atoms with E-state index in [9.17, 15) is 0 Å². The molecular formula is C12H14BrN3S. The lowest BCUT2D eigenvalue weighted by atomic mass is 9.93. The Morgan fingerprint density at radius 3 is 3.35 bits per heavy atom. The van der Waals surface area contributed by atoms with Crippen molar-refractivity contribution in [2.24, 2.45) is 0 Å². The number of rotatable bonds is 3. The second kappa shape index (κ2) is 4.92. The summed E-state index contributed by atoms with van der Waals surface area (Å²) in [4.78, 5) is 1.38. The molecule has 1 aliphatic rings. The largest absolute Gasteiger partial charge is 0.309 e. The minimum Gasteiger partial charge on any atom is -0.309 e. The highest BCUT2D eigenvalue weighted by atomic mass is 79.9. The van der Waals surface area contributed by atoms with Crippen molar-refractivity contribution in [2.45, 2.75) is 31.8 Å². The normalized spacial score (nSPS) is 19.2. The number of aromatic nitrogens is 2. The number of nitrogens with zero attached hydrogens (tertiary/aromatic N) is 1. The van der Waals surface area contributed by atoms with Gasteiger partial charge < -0.3 is 5.32 Å². The molecule has 0 amide bonds. The first-order valence-corrected chi connectivity index (χ1v) is 7.46. The average molecular weight is 312 g/mol. The van der Waals surface area contributed by atoms with E-state index in [0.717, 1.165) is 19.4 Å². The topological polar surface area (TPSA) is 40.7 Å². The summed E-state index contributed by atoms with van der Waals surface area (Å²) in [5, 5.41) is 12.9. The van der Waals surface area contributed by atoms with E-state index >= 15 is 0 Å². The summed E-state index contributed by atoms with van der Waals surface area (Å²) in [7, 11) is 0. The van der Waals surface area contributed by atoms with Gasteiger partial charge in [0.25, 0.3) is 0 Å². The van der Waals surface area contributed by atoms with Crippen LogP contribution >= 0.6 is 27.3 Å². The standard InChI is InChI=1S/C12H14BrN3S/c13-10-3-4-17-12(10)7-14-9-1-2-11-8(5-9)6-15-16-11/h3-4,6,9,14H,1-2,5,7H2,(H,15,16)/t9-/m0/s1. The molecule has 3 rings (SSSR count). The van der Waals surface area contributed by atoms with Crippen molar-refractivity contribution in [1.82, 2.24) is 15.5 Å². The maximum Gasteiger partial charge on any atom is 0.0522 e. The molecule has 0 spiro atoms. The lowest BCUT2D eigenvalue weighted by Gasteiger charge is -2.22. The zero-order chi connectivity index (χ0) is 11.7. The Labute approximate surface area is 113 Å². The van der Waals surface area contributed by atoms with Gasteiger partial charge in [-0.2, -0.15) is 5.10 Å². The molecule has 2 heterocycles. The van der Waals surface area contributed by atoms with Crippen LogP contribution in [-0.2, 0) is 19.4 Å². The van der Waals surface area contributed by atoms with Crippen LogP contribution in [0.15, 0.2) is 22.1 Å². The van der Waals surface area contributed by atoms with Gasteiger partial charge in [-0.15, -0.1) is 11.3 Å². The quantitative estimate of drug-likeness (QED) is 0.915. The maximum absolute atomic E-state index is 4.10. The van der Waals surface area contributed by atoms with Gasteiger partial charge in [-0.1, -0.05) is 0 Å². The van der Waals surface area contributed by atoms with Crippen LogP contribution in [-0.4, -0.2) is 16.2 Å². The van der Waals surface area contributed by atoms with Crippen molar-refractivity contribution in [2.75, 3.05) is 0 Å². The summed E-state index contributed by atoms with van der Waals surface area (Å²) in [5.74, 6) is 0. The Kier molecular flexibility index (Phi) is 3.31. The van der Waals surface area contributed by atoms with Crippen molar-refractivity contribution in [3.05, 3.63) is 38.3 Å². The zero-order valence-electron chi connectivity index (χ0n) is 9.37. The van der Waals surface area contributed by atoms with Crippen molar-refractivity contribution < 1.29 is 0 Å². The van der Waals surface area contributed by atoms with Crippen LogP contribution in [0.4, 0.5) is 0 Å². The molecule has 17 heavy (non-hydrogen) atoms. The molecule has 1 aliphatic carbocycles. The van der Waals surface area contributed by atoms with Crippen LogP contribution in [0.25, 0.3) is 0 Å². The summed E-state index contributed by atoms with van der Waals surface area (Å²) >= 11 is 5.36. The predicted molar refractivity (Wildman–Crippen MR) is 73.3 cm³/mol. The second-order valence-electron chi connectivity index (χ2n) is 4.39. The Morgan fingerprint density at radius 1 is 1.59 bits per heavy atom. The monoisotopic (exact) mass is 311 g/mol. The highest BCUT2D eigenvalue weighted by Crippen LogP contribution is 2.24. The molecular weight excluding hydrogens is 298 g/mol. The van der Waals surface area contributed by atoms with Crippen LogP contribution in [0.3, 0.4) is 0 Å². The summed E-state index contributed by atoms with van der Waals surface area (Å²) in [5.41, 5.74) is 2.69. The van der Waals surface area contributed by atoms with Crippen molar-refractivity contribution in [3.63, 3.8) is 0 Å². The maximum atomic E-state index is 4.10. The molecule has 90 valence electrons. The number of aryl methyl sites for hydroxylation is 1. The highest BCUT2D eigenvalue weighted by molar-refractivity contribution is 9.10. The molecule has 0 aliphatic heterocycles. The molecule has 0 saturated carbocycles. The first kappa shape index (κ1) is 11.4. The third-order valence-electron chi connectivity index (χ3n) is 3.26. The molecule has 0 radical (unpaired) electrons. The second-order valence-corrected chi connectivity index (χ2v) is 6.24. The van der Waals surface area contributed by atoms with E-state index in [1.807, 2.05) is 6.20 Å².